The predicted molar refractivity (Wildman–Crippen MR) is 218 cm³/mol. The second kappa shape index (κ2) is 12.1. The molecule has 0 atom stereocenters. The number of benzene rings is 7. The third kappa shape index (κ3) is 4.81. The molecule has 4 aromatic heterocycles. The Morgan fingerprint density at radius 1 is 0.407 bits per heavy atom. The van der Waals surface area contributed by atoms with Crippen molar-refractivity contribution in [3.05, 3.63) is 176 Å². The molecule has 6 heteroatoms. The largest absolute Gasteiger partial charge is 0.456 e. The van der Waals surface area contributed by atoms with Crippen LogP contribution >= 0.6 is 0 Å². The summed E-state index contributed by atoms with van der Waals surface area (Å²) in [5, 5.41) is 6.74. The van der Waals surface area contributed by atoms with Gasteiger partial charge < -0.3 is 8.98 Å². The van der Waals surface area contributed by atoms with Gasteiger partial charge in [-0.15, -0.1) is 0 Å². The van der Waals surface area contributed by atoms with E-state index in [-0.39, 0.29) is 0 Å². The van der Waals surface area contributed by atoms with Crippen LogP contribution in [0.1, 0.15) is 0 Å². The van der Waals surface area contributed by atoms with Crippen molar-refractivity contribution in [1.82, 2.24) is 24.5 Å². The fraction of sp³-hybridized carbons (Fsp3) is 0. The summed E-state index contributed by atoms with van der Waals surface area (Å²) in [4.78, 5) is 19.8. The summed E-state index contributed by atoms with van der Waals surface area (Å²) >= 11 is 0. The number of pyridine rings is 1. The first kappa shape index (κ1) is 30.2. The van der Waals surface area contributed by atoms with Crippen molar-refractivity contribution in [1.29, 1.82) is 0 Å². The van der Waals surface area contributed by atoms with Crippen molar-refractivity contribution < 1.29 is 4.42 Å². The predicted octanol–water partition coefficient (Wildman–Crippen LogP) is 12.1. The number of furan rings is 1. The fourth-order valence-electron chi connectivity index (χ4n) is 7.85. The lowest BCUT2D eigenvalue weighted by Gasteiger charge is -2.12. The lowest BCUT2D eigenvalue weighted by Crippen LogP contribution is -2.01. The summed E-state index contributed by atoms with van der Waals surface area (Å²) in [5.74, 6) is 1.75. The molecule has 0 saturated heterocycles. The molecular weight excluding hydrogens is 663 g/mol. The number of para-hydroxylation sites is 2. The quantitative estimate of drug-likeness (QED) is 0.180. The van der Waals surface area contributed by atoms with Crippen LogP contribution in [0.2, 0.25) is 0 Å². The van der Waals surface area contributed by atoms with Crippen LogP contribution in [-0.4, -0.2) is 24.5 Å². The van der Waals surface area contributed by atoms with E-state index in [0.29, 0.717) is 17.5 Å². The van der Waals surface area contributed by atoms with E-state index in [2.05, 4.69) is 149 Å². The molecule has 54 heavy (non-hydrogen) atoms. The van der Waals surface area contributed by atoms with Gasteiger partial charge in [0.05, 0.1) is 11.0 Å². The molecule has 11 rings (SSSR count). The van der Waals surface area contributed by atoms with Gasteiger partial charge in [0.2, 0.25) is 0 Å². The van der Waals surface area contributed by atoms with E-state index in [1.165, 1.54) is 27.1 Å². The molecular formula is C48H29N5O. The second-order valence-corrected chi connectivity index (χ2v) is 13.5. The molecule has 0 radical (unpaired) electrons. The highest BCUT2D eigenvalue weighted by atomic mass is 16.3. The lowest BCUT2D eigenvalue weighted by atomic mass is 9.97. The van der Waals surface area contributed by atoms with E-state index in [0.717, 1.165) is 60.9 Å². The zero-order valence-corrected chi connectivity index (χ0v) is 28.9. The van der Waals surface area contributed by atoms with Crippen molar-refractivity contribution in [2.24, 2.45) is 0 Å². The zero-order chi connectivity index (χ0) is 35.6. The molecule has 6 nitrogen and oxygen atoms in total. The normalized spacial score (nSPS) is 11.7. The Hall–Kier alpha value is -7.44. The molecule has 7 aromatic carbocycles. The van der Waals surface area contributed by atoms with Gasteiger partial charge in [0.15, 0.2) is 17.5 Å². The Morgan fingerprint density at radius 2 is 0.981 bits per heavy atom. The van der Waals surface area contributed by atoms with Crippen LogP contribution < -0.4 is 0 Å². The summed E-state index contributed by atoms with van der Waals surface area (Å²) in [5.41, 5.74) is 9.89. The van der Waals surface area contributed by atoms with E-state index >= 15 is 0 Å². The maximum atomic E-state index is 6.23. The maximum Gasteiger partial charge on any atom is 0.164 e. The van der Waals surface area contributed by atoms with Crippen LogP contribution in [-0.2, 0) is 0 Å². The second-order valence-electron chi connectivity index (χ2n) is 13.5. The standard InChI is InChI=1S/C48H29N5O/c1-2-11-35-30(9-1)10-7-14-36(35)31-19-21-32(22-20-31)46-50-47(52-48(51-46)39-15-8-18-44-45(39)40-29-49-28-27-43(40)54-44)33-23-25-34(26-24-33)53-41-16-5-3-12-37(41)38-13-4-6-17-42(38)53/h1-29H. The Morgan fingerprint density at radius 3 is 1.72 bits per heavy atom. The molecule has 252 valence electrons. The average Bonchev–Trinajstić information content (AvgIpc) is 3.80. The first-order valence-corrected chi connectivity index (χ1v) is 18.0. The molecule has 0 spiro atoms. The first-order valence-electron chi connectivity index (χ1n) is 18.0. The van der Waals surface area contributed by atoms with Gasteiger partial charge in [0.25, 0.3) is 0 Å². The Balaban J connectivity index is 1.07. The molecule has 0 fully saturated rings. The highest BCUT2D eigenvalue weighted by Gasteiger charge is 2.19. The van der Waals surface area contributed by atoms with E-state index in [1.807, 2.05) is 30.5 Å². The van der Waals surface area contributed by atoms with Crippen LogP contribution in [0, 0.1) is 0 Å². The smallest absolute Gasteiger partial charge is 0.164 e. The molecule has 0 aliphatic heterocycles. The minimum absolute atomic E-state index is 0.566. The van der Waals surface area contributed by atoms with Crippen molar-refractivity contribution in [2.45, 2.75) is 0 Å². The van der Waals surface area contributed by atoms with Gasteiger partial charge in [0.1, 0.15) is 11.2 Å². The number of hydrogen-bond acceptors (Lipinski definition) is 5. The molecule has 0 aliphatic rings. The Kier molecular flexibility index (Phi) is 6.75. The number of nitrogens with zero attached hydrogens (tertiary/aromatic N) is 5. The van der Waals surface area contributed by atoms with Crippen molar-refractivity contribution in [2.75, 3.05) is 0 Å². The highest BCUT2D eigenvalue weighted by Crippen LogP contribution is 2.37. The summed E-state index contributed by atoms with van der Waals surface area (Å²) in [6, 6.07) is 56.9. The Bertz CT molecular complexity index is 3160. The van der Waals surface area contributed by atoms with Crippen LogP contribution in [0.4, 0.5) is 0 Å². The van der Waals surface area contributed by atoms with Crippen molar-refractivity contribution >= 4 is 54.5 Å². The zero-order valence-electron chi connectivity index (χ0n) is 28.9. The van der Waals surface area contributed by atoms with Crippen LogP contribution in [0.25, 0.3) is 105 Å². The number of fused-ring (bicyclic) bond motifs is 7. The molecule has 0 N–H and O–H groups in total. The summed E-state index contributed by atoms with van der Waals surface area (Å²) in [7, 11) is 0. The maximum absolute atomic E-state index is 6.23. The number of aromatic nitrogens is 5. The van der Waals surface area contributed by atoms with Gasteiger partial charge >= 0.3 is 0 Å². The van der Waals surface area contributed by atoms with Gasteiger partial charge in [-0.1, -0.05) is 115 Å². The monoisotopic (exact) mass is 691 g/mol. The van der Waals surface area contributed by atoms with E-state index in [9.17, 15) is 0 Å². The third-order valence-electron chi connectivity index (χ3n) is 10.4. The highest BCUT2D eigenvalue weighted by molar-refractivity contribution is 6.12. The lowest BCUT2D eigenvalue weighted by molar-refractivity contribution is 0.668. The minimum atomic E-state index is 0.566. The SMILES string of the molecule is c1ccc2c(-c3ccc(-c4nc(-c5ccc(-n6c7ccccc7c7ccccc76)cc5)nc(-c5cccc6oc7ccncc7c56)n4)cc3)cccc2c1. The summed E-state index contributed by atoms with van der Waals surface area (Å²) < 4.78 is 8.54. The molecule has 11 aromatic rings. The minimum Gasteiger partial charge on any atom is -0.456 e. The van der Waals surface area contributed by atoms with Crippen LogP contribution in [0.15, 0.2) is 181 Å². The fourth-order valence-corrected chi connectivity index (χ4v) is 7.85. The molecule has 0 amide bonds. The summed E-state index contributed by atoms with van der Waals surface area (Å²) in [6.07, 6.45) is 3.58. The first-order chi connectivity index (χ1) is 26.8. The van der Waals surface area contributed by atoms with E-state index in [1.54, 1.807) is 6.20 Å². The van der Waals surface area contributed by atoms with Gasteiger partial charge in [-0.05, 0) is 70.4 Å². The molecule has 0 aliphatic carbocycles. The van der Waals surface area contributed by atoms with Crippen LogP contribution in [0.5, 0.6) is 0 Å². The van der Waals surface area contributed by atoms with Gasteiger partial charge in [-0.25, -0.2) is 15.0 Å². The topological polar surface area (TPSA) is 69.6 Å². The average molecular weight is 692 g/mol. The molecule has 0 saturated carbocycles. The number of hydrogen-bond donors (Lipinski definition) is 0. The van der Waals surface area contributed by atoms with Crippen molar-refractivity contribution in [3.63, 3.8) is 0 Å². The van der Waals surface area contributed by atoms with Crippen molar-refractivity contribution in [3.8, 4) is 51.0 Å². The van der Waals surface area contributed by atoms with Gasteiger partial charge in [-0.2, -0.15) is 0 Å². The molecule has 4 heterocycles. The van der Waals surface area contributed by atoms with E-state index < -0.39 is 0 Å². The van der Waals surface area contributed by atoms with Gasteiger partial charge in [-0.3, -0.25) is 4.98 Å². The third-order valence-corrected chi connectivity index (χ3v) is 10.4. The van der Waals surface area contributed by atoms with Gasteiger partial charge in [0, 0.05) is 56.3 Å². The van der Waals surface area contributed by atoms with E-state index in [4.69, 9.17) is 19.4 Å². The molecule has 0 bridgehead atoms. The number of rotatable bonds is 5. The Labute approximate surface area is 309 Å². The molecule has 0 unspecified atom stereocenters. The summed E-state index contributed by atoms with van der Waals surface area (Å²) in [6.45, 7) is 0. The van der Waals surface area contributed by atoms with Crippen LogP contribution in [0.3, 0.4) is 0 Å².